The van der Waals surface area contributed by atoms with Crippen LogP contribution in [0.4, 0.5) is 0 Å². The molecule has 2 aromatic rings. The lowest BCUT2D eigenvalue weighted by Crippen LogP contribution is -2.01. The zero-order valence-corrected chi connectivity index (χ0v) is 9.52. The van der Waals surface area contributed by atoms with Gasteiger partial charge in [-0.3, -0.25) is 0 Å². The van der Waals surface area contributed by atoms with Gasteiger partial charge in [0, 0.05) is 11.8 Å². The van der Waals surface area contributed by atoms with Crippen molar-refractivity contribution < 1.29 is 0 Å². The minimum absolute atomic E-state index is 0.276. The van der Waals surface area contributed by atoms with Crippen LogP contribution in [0, 0.1) is 25.2 Å². The molecule has 0 atom stereocenters. The van der Waals surface area contributed by atoms with Crippen LogP contribution in [-0.4, -0.2) is 19.7 Å². The van der Waals surface area contributed by atoms with Crippen LogP contribution in [0.3, 0.4) is 0 Å². The summed E-state index contributed by atoms with van der Waals surface area (Å²) >= 11 is 6.03. The quantitative estimate of drug-likeness (QED) is 0.753. The summed E-state index contributed by atoms with van der Waals surface area (Å²) in [6.07, 6.45) is 1.43. The molecule has 0 fully saturated rings. The van der Waals surface area contributed by atoms with Gasteiger partial charge < -0.3 is 0 Å². The Balaban J connectivity index is 2.62. The van der Waals surface area contributed by atoms with Crippen molar-refractivity contribution in [1.82, 2.24) is 19.7 Å². The highest BCUT2D eigenvalue weighted by Crippen LogP contribution is 2.21. The first kappa shape index (κ1) is 10.6. The fraction of sp³-hybridized carbons (Fsp3) is 0.200. The molecule has 2 heterocycles. The molecule has 0 saturated heterocycles. The van der Waals surface area contributed by atoms with E-state index in [0.717, 1.165) is 5.69 Å². The number of nitrogens with zero attached hydrogens (tertiary/aromatic N) is 5. The number of hydrogen-bond donors (Lipinski definition) is 0. The predicted octanol–water partition coefficient (Wildman–Crippen LogP) is 1.80. The number of rotatable bonds is 1. The van der Waals surface area contributed by atoms with Crippen molar-refractivity contribution >= 4 is 11.6 Å². The fourth-order valence-corrected chi connectivity index (χ4v) is 1.64. The average molecular weight is 234 g/mol. The van der Waals surface area contributed by atoms with Crippen LogP contribution in [0.15, 0.2) is 12.4 Å². The molecule has 2 rings (SSSR count). The molecule has 0 amide bonds. The molecule has 5 nitrogen and oxygen atoms in total. The van der Waals surface area contributed by atoms with E-state index >= 15 is 0 Å². The second-order valence-corrected chi connectivity index (χ2v) is 3.65. The third-order valence-electron chi connectivity index (χ3n) is 2.12. The molecule has 2 aromatic heterocycles. The van der Waals surface area contributed by atoms with Gasteiger partial charge in [-0.05, 0) is 13.8 Å². The second kappa shape index (κ2) is 3.91. The van der Waals surface area contributed by atoms with Crippen molar-refractivity contribution in [3.05, 3.63) is 34.5 Å². The van der Waals surface area contributed by atoms with E-state index in [1.807, 2.05) is 13.0 Å². The van der Waals surface area contributed by atoms with E-state index in [9.17, 15) is 0 Å². The fourth-order valence-electron chi connectivity index (χ4n) is 1.33. The van der Waals surface area contributed by atoms with Crippen LogP contribution in [-0.2, 0) is 0 Å². The Morgan fingerprint density at radius 2 is 2.12 bits per heavy atom. The Labute approximate surface area is 97.3 Å². The molecule has 0 aliphatic heterocycles. The molecule has 0 aromatic carbocycles. The third kappa shape index (κ3) is 1.64. The Morgan fingerprint density at radius 3 is 2.69 bits per heavy atom. The van der Waals surface area contributed by atoms with Gasteiger partial charge in [-0.2, -0.15) is 10.4 Å². The van der Waals surface area contributed by atoms with Gasteiger partial charge in [0.2, 0.25) is 0 Å². The van der Waals surface area contributed by atoms with Crippen LogP contribution >= 0.6 is 11.6 Å². The van der Waals surface area contributed by atoms with Gasteiger partial charge in [-0.15, -0.1) is 0 Å². The SMILES string of the molecule is Cc1cc(-n2nc(C)c(C#N)c2Cl)ncn1. The standard InChI is InChI=1S/C10H8ClN5/c1-6-3-9(14-5-13-6)16-10(11)8(4-12)7(2)15-16/h3,5H,1-2H3. The lowest BCUT2D eigenvalue weighted by atomic mass is 10.3. The van der Waals surface area contributed by atoms with Gasteiger partial charge in [0.1, 0.15) is 18.0 Å². The summed E-state index contributed by atoms with van der Waals surface area (Å²) in [6, 6.07) is 3.76. The summed E-state index contributed by atoms with van der Waals surface area (Å²) in [5.41, 5.74) is 1.77. The first-order chi connectivity index (χ1) is 7.63. The van der Waals surface area contributed by atoms with Crippen LogP contribution in [0.5, 0.6) is 0 Å². The van der Waals surface area contributed by atoms with Gasteiger partial charge in [0.25, 0.3) is 0 Å². The van der Waals surface area contributed by atoms with Crippen molar-refractivity contribution in [3.8, 4) is 11.9 Å². The summed E-state index contributed by atoms with van der Waals surface area (Å²) in [5.74, 6) is 0.558. The molecule has 0 unspecified atom stereocenters. The van der Waals surface area contributed by atoms with Gasteiger partial charge in [-0.1, -0.05) is 11.6 Å². The molecule has 0 aliphatic rings. The smallest absolute Gasteiger partial charge is 0.158 e. The first-order valence-electron chi connectivity index (χ1n) is 4.57. The topological polar surface area (TPSA) is 67.4 Å². The zero-order valence-electron chi connectivity index (χ0n) is 8.77. The van der Waals surface area contributed by atoms with E-state index in [0.29, 0.717) is 17.1 Å². The number of aryl methyl sites for hydroxylation is 2. The Bertz CT molecular complexity index is 581. The number of nitriles is 1. The van der Waals surface area contributed by atoms with Gasteiger partial charge >= 0.3 is 0 Å². The van der Waals surface area contributed by atoms with Crippen LogP contribution < -0.4 is 0 Å². The number of halogens is 1. The van der Waals surface area contributed by atoms with Gasteiger partial charge in [0.15, 0.2) is 11.0 Å². The molecular formula is C10H8ClN5. The highest BCUT2D eigenvalue weighted by molar-refractivity contribution is 6.31. The van der Waals surface area contributed by atoms with E-state index < -0.39 is 0 Å². The summed E-state index contributed by atoms with van der Waals surface area (Å²) < 4.78 is 1.43. The zero-order chi connectivity index (χ0) is 11.7. The largest absolute Gasteiger partial charge is 0.242 e. The molecule has 0 aliphatic carbocycles. The maximum absolute atomic E-state index is 8.89. The highest BCUT2D eigenvalue weighted by atomic mass is 35.5. The van der Waals surface area contributed by atoms with Crippen LogP contribution in [0.25, 0.3) is 5.82 Å². The molecule has 0 saturated carbocycles. The van der Waals surface area contributed by atoms with Crippen LogP contribution in [0.1, 0.15) is 17.0 Å². The van der Waals surface area contributed by atoms with Crippen molar-refractivity contribution in [2.45, 2.75) is 13.8 Å². The normalized spacial score (nSPS) is 10.1. The molecule has 16 heavy (non-hydrogen) atoms. The second-order valence-electron chi connectivity index (χ2n) is 3.29. The summed E-state index contributed by atoms with van der Waals surface area (Å²) in [7, 11) is 0. The monoisotopic (exact) mass is 233 g/mol. The Kier molecular flexibility index (Phi) is 2.59. The number of aromatic nitrogens is 4. The number of hydrogen-bond acceptors (Lipinski definition) is 4. The van der Waals surface area contributed by atoms with Gasteiger partial charge in [0.05, 0.1) is 5.69 Å². The first-order valence-corrected chi connectivity index (χ1v) is 4.95. The molecule has 0 radical (unpaired) electrons. The molecule has 0 bridgehead atoms. The lowest BCUT2D eigenvalue weighted by Gasteiger charge is -2.01. The van der Waals surface area contributed by atoms with Crippen LogP contribution in [0.2, 0.25) is 5.15 Å². The maximum Gasteiger partial charge on any atom is 0.158 e. The molecule has 0 N–H and O–H groups in total. The summed E-state index contributed by atoms with van der Waals surface area (Å²) in [4.78, 5) is 8.04. The molecular weight excluding hydrogens is 226 g/mol. The van der Waals surface area contributed by atoms with Gasteiger partial charge in [-0.25, -0.2) is 14.6 Å². The van der Waals surface area contributed by atoms with E-state index in [4.69, 9.17) is 16.9 Å². The van der Waals surface area contributed by atoms with E-state index in [-0.39, 0.29) is 5.15 Å². The molecule has 80 valence electrons. The summed E-state index contributed by atoms with van der Waals surface area (Å²) in [6.45, 7) is 3.58. The minimum atomic E-state index is 0.276. The summed E-state index contributed by atoms with van der Waals surface area (Å²) in [5, 5.41) is 13.3. The Morgan fingerprint density at radius 1 is 1.38 bits per heavy atom. The van der Waals surface area contributed by atoms with Crippen molar-refractivity contribution in [2.24, 2.45) is 0 Å². The molecule has 6 heteroatoms. The van der Waals surface area contributed by atoms with Crippen molar-refractivity contribution in [1.29, 1.82) is 5.26 Å². The van der Waals surface area contributed by atoms with Crippen molar-refractivity contribution in [2.75, 3.05) is 0 Å². The lowest BCUT2D eigenvalue weighted by molar-refractivity contribution is 0.822. The highest BCUT2D eigenvalue weighted by Gasteiger charge is 2.14. The minimum Gasteiger partial charge on any atom is -0.242 e. The van der Waals surface area contributed by atoms with E-state index in [1.165, 1.54) is 11.0 Å². The maximum atomic E-state index is 8.89. The average Bonchev–Trinajstić information content (AvgIpc) is 2.54. The van der Waals surface area contributed by atoms with E-state index in [2.05, 4.69) is 15.1 Å². The van der Waals surface area contributed by atoms with Crippen molar-refractivity contribution in [3.63, 3.8) is 0 Å². The Hall–Kier alpha value is -1.93. The van der Waals surface area contributed by atoms with E-state index in [1.54, 1.807) is 13.0 Å². The third-order valence-corrected chi connectivity index (χ3v) is 2.47. The molecule has 0 spiro atoms. The predicted molar refractivity (Wildman–Crippen MR) is 58.4 cm³/mol.